The van der Waals surface area contributed by atoms with Crippen LogP contribution in [0.4, 0.5) is 5.82 Å². The second kappa shape index (κ2) is 6.56. The Bertz CT molecular complexity index is 633. The maximum atomic E-state index is 11.6. The predicted molar refractivity (Wildman–Crippen MR) is 73.1 cm³/mol. The number of carbonyl (C=O) groups excluding carboxylic acids is 2. The first-order valence-electron chi connectivity index (χ1n) is 6.13. The highest BCUT2D eigenvalue weighted by molar-refractivity contribution is 5.91. The molecule has 1 heterocycles. The number of rotatable bonds is 5. The Labute approximate surface area is 120 Å². The van der Waals surface area contributed by atoms with E-state index in [1.807, 2.05) is 0 Å². The van der Waals surface area contributed by atoms with Crippen LogP contribution in [0.15, 0.2) is 34.9 Å². The van der Waals surface area contributed by atoms with Crippen LogP contribution in [-0.4, -0.2) is 30.7 Å². The molecule has 0 saturated carbocycles. The highest BCUT2D eigenvalue weighted by Gasteiger charge is 2.08. The van der Waals surface area contributed by atoms with E-state index in [1.165, 1.54) is 7.11 Å². The van der Waals surface area contributed by atoms with Crippen molar-refractivity contribution in [2.75, 3.05) is 19.0 Å². The third kappa shape index (κ3) is 4.07. The van der Waals surface area contributed by atoms with Gasteiger partial charge in [0.1, 0.15) is 11.5 Å². The van der Waals surface area contributed by atoms with Crippen molar-refractivity contribution in [3.8, 4) is 5.75 Å². The molecular weight excluding hydrogens is 276 g/mol. The van der Waals surface area contributed by atoms with Crippen molar-refractivity contribution in [1.82, 2.24) is 5.16 Å². The molecule has 0 saturated heterocycles. The van der Waals surface area contributed by atoms with Crippen LogP contribution in [0, 0.1) is 6.92 Å². The molecule has 7 heteroatoms. The van der Waals surface area contributed by atoms with Crippen molar-refractivity contribution in [1.29, 1.82) is 0 Å². The van der Waals surface area contributed by atoms with E-state index in [9.17, 15) is 9.59 Å². The van der Waals surface area contributed by atoms with Crippen LogP contribution >= 0.6 is 0 Å². The van der Waals surface area contributed by atoms with Crippen LogP contribution in [0.5, 0.6) is 5.75 Å². The second-order valence-electron chi connectivity index (χ2n) is 4.18. The number of methoxy groups -OCH3 is 1. The zero-order valence-electron chi connectivity index (χ0n) is 11.6. The number of aryl methyl sites for hydroxylation is 1. The van der Waals surface area contributed by atoms with Crippen LogP contribution in [0.3, 0.4) is 0 Å². The maximum Gasteiger partial charge on any atom is 0.337 e. The van der Waals surface area contributed by atoms with Gasteiger partial charge >= 0.3 is 5.97 Å². The van der Waals surface area contributed by atoms with Gasteiger partial charge < -0.3 is 19.3 Å². The lowest BCUT2D eigenvalue weighted by molar-refractivity contribution is -0.118. The third-order valence-corrected chi connectivity index (χ3v) is 2.54. The van der Waals surface area contributed by atoms with Gasteiger partial charge in [0.05, 0.1) is 12.7 Å². The fourth-order valence-electron chi connectivity index (χ4n) is 1.56. The summed E-state index contributed by atoms with van der Waals surface area (Å²) in [6.07, 6.45) is 0. The SMILES string of the molecule is COC(=O)c1ccc(OCC(=O)Nc2cc(C)on2)cc1. The molecule has 1 amide bonds. The summed E-state index contributed by atoms with van der Waals surface area (Å²) >= 11 is 0. The van der Waals surface area contributed by atoms with Crippen molar-refractivity contribution in [2.24, 2.45) is 0 Å². The van der Waals surface area contributed by atoms with Crippen molar-refractivity contribution >= 4 is 17.7 Å². The number of nitrogens with one attached hydrogen (secondary N) is 1. The number of nitrogens with zero attached hydrogens (tertiary/aromatic N) is 1. The van der Waals surface area contributed by atoms with Crippen molar-refractivity contribution < 1.29 is 23.6 Å². The van der Waals surface area contributed by atoms with Crippen LogP contribution < -0.4 is 10.1 Å². The molecule has 0 aliphatic carbocycles. The minimum Gasteiger partial charge on any atom is -0.484 e. The Morgan fingerprint density at radius 3 is 2.57 bits per heavy atom. The van der Waals surface area contributed by atoms with Crippen molar-refractivity contribution in [2.45, 2.75) is 6.92 Å². The Balaban J connectivity index is 1.85. The largest absolute Gasteiger partial charge is 0.484 e. The highest BCUT2D eigenvalue weighted by Crippen LogP contribution is 2.13. The zero-order valence-corrected chi connectivity index (χ0v) is 11.6. The topological polar surface area (TPSA) is 90.7 Å². The van der Waals surface area contributed by atoms with Gasteiger partial charge in [-0.05, 0) is 31.2 Å². The van der Waals surface area contributed by atoms with E-state index in [0.717, 1.165) is 0 Å². The number of carbonyl (C=O) groups is 2. The minimum atomic E-state index is -0.430. The number of benzene rings is 1. The van der Waals surface area contributed by atoms with Gasteiger partial charge in [-0.15, -0.1) is 0 Å². The Hall–Kier alpha value is -2.83. The van der Waals surface area contributed by atoms with Crippen LogP contribution in [-0.2, 0) is 9.53 Å². The lowest BCUT2D eigenvalue weighted by Crippen LogP contribution is -2.20. The molecule has 0 bridgehead atoms. The Morgan fingerprint density at radius 2 is 2.00 bits per heavy atom. The van der Waals surface area contributed by atoms with Crippen molar-refractivity contribution in [3.05, 3.63) is 41.7 Å². The molecule has 1 aromatic heterocycles. The van der Waals surface area contributed by atoms with E-state index in [2.05, 4.69) is 15.2 Å². The molecule has 0 fully saturated rings. The van der Waals surface area contributed by atoms with E-state index < -0.39 is 5.97 Å². The van der Waals surface area contributed by atoms with E-state index in [1.54, 1.807) is 37.3 Å². The first kappa shape index (κ1) is 14.6. The minimum absolute atomic E-state index is 0.177. The van der Waals surface area contributed by atoms with Gasteiger partial charge in [-0.1, -0.05) is 5.16 Å². The summed E-state index contributed by atoms with van der Waals surface area (Å²) in [5.41, 5.74) is 0.410. The lowest BCUT2D eigenvalue weighted by atomic mass is 10.2. The number of aromatic nitrogens is 1. The Morgan fingerprint density at radius 1 is 1.29 bits per heavy atom. The summed E-state index contributed by atoms with van der Waals surface area (Å²) in [4.78, 5) is 22.9. The molecule has 0 unspecified atom stereocenters. The van der Waals surface area contributed by atoms with Gasteiger partial charge in [0.15, 0.2) is 12.4 Å². The molecule has 0 spiro atoms. The molecule has 1 aromatic carbocycles. The number of amides is 1. The molecular formula is C14H14N2O5. The van der Waals surface area contributed by atoms with E-state index >= 15 is 0 Å². The van der Waals surface area contributed by atoms with Crippen molar-refractivity contribution in [3.63, 3.8) is 0 Å². The molecule has 0 atom stereocenters. The quantitative estimate of drug-likeness (QED) is 0.844. The van der Waals surface area contributed by atoms with Crippen LogP contribution in [0.2, 0.25) is 0 Å². The smallest absolute Gasteiger partial charge is 0.337 e. The predicted octanol–water partition coefficient (Wildman–Crippen LogP) is 1.79. The number of esters is 1. The summed E-state index contributed by atoms with van der Waals surface area (Å²) in [7, 11) is 1.31. The number of hydrogen-bond donors (Lipinski definition) is 1. The molecule has 0 aliphatic rings. The van der Waals surface area contributed by atoms with E-state index in [0.29, 0.717) is 22.9 Å². The molecule has 2 rings (SSSR count). The first-order valence-corrected chi connectivity index (χ1v) is 6.13. The Kier molecular flexibility index (Phi) is 4.55. The van der Waals surface area contributed by atoms with Gasteiger partial charge in [-0.3, -0.25) is 4.79 Å². The van der Waals surface area contributed by atoms with Gasteiger partial charge in [0.2, 0.25) is 0 Å². The van der Waals surface area contributed by atoms with E-state index in [-0.39, 0.29) is 12.5 Å². The monoisotopic (exact) mass is 290 g/mol. The van der Waals surface area contributed by atoms with Gasteiger partial charge in [-0.2, -0.15) is 0 Å². The second-order valence-corrected chi connectivity index (χ2v) is 4.18. The molecule has 2 aromatic rings. The molecule has 0 radical (unpaired) electrons. The summed E-state index contributed by atoms with van der Waals surface area (Å²) in [5.74, 6) is 0.613. The fraction of sp³-hybridized carbons (Fsp3) is 0.214. The molecule has 7 nitrogen and oxygen atoms in total. The van der Waals surface area contributed by atoms with Crippen LogP contribution in [0.1, 0.15) is 16.1 Å². The average Bonchev–Trinajstić information content (AvgIpc) is 2.90. The average molecular weight is 290 g/mol. The lowest BCUT2D eigenvalue weighted by Gasteiger charge is -2.06. The molecule has 21 heavy (non-hydrogen) atoms. The maximum absolute atomic E-state index is 11.6. The van der Waals surface area contributed by atoms with Gasteiger partial charge in [-0.25, -0.2) is 4.79 Å². The third-order valence-electron chi connectivity index (χ3n) is 2.54. The van der Waals surface area contributed by atoms with Crippen LogP contribution in [0.25, 0.3) is 0 Å². The van der Waals surface area contributed by atoms with Gasteiger partial charge in [0.25, 0.3) is 5.91 Å². The number of anilines is 1. The normalized spacial score (nSPS) is 10.0. The summed E-state index contributed by atoms with van der Waals surface area (Å²) < 4.78 is 14.7. The summed E-state index contributed by atoms with van der Waals surface area (Å²) in [6, 6.07) is 7.88. The summed E-state index contributed by atoms with van der Waals surface area (Å²) in [5, 5.41) is 6.17. The zero-order chi connectivity index (χ0) is 15.2. The summed E-state index contributed by atoms with van der Waals surface area (Å²) in [6.45, 7) is 1.55. The standard InChI is InChI=1S/C14H14N2O5/c1-9-7-12(16-21-9)15-13(17)8-20-11-5-3-10(4-6-11)14(18)19-2/h3-7H,8H2,1-2H3,(H,15,16,17). The number of ether oxygens (including phenoxy) is 2. The fourth-order valence-corrected chi connectivity index (χ4v) is 1.56. The molecule has 110 valence electrons. The van der Waals surface area contributed by atoms with E-state index in [4.69, 9.17) is 9.26 Å². The van der Waals surface area contributed by atoms with Gasteiger partial charge in [0, 0.05) is 6.07 Å². The highest BCUT2D eigenvalue weighted by atomic mass is 16.5. The number of hydrogen-bond acceptors (Lipinski definition) is 6. The first-order chi connectivity index (χ1) is 10.1. The molecule has 1 N–H and O–H groups in total. The molecule has 0 aliphatic heterocycles.